The van der Waals surface area contributed by atoms with Gasteiger partial charge in [-0.25, -0.2) is 0 Å². The van der Waals surface area contributed by atoms with Crippen molar-refractivity contribution in [3.8, 4) is 0 Å². The lowest BCUT2D eigenvalue weighted by atomic mass is 10.3. The summed E-state index contributed by atoms with van der Waals surface area (Å²) in [6.45, 7) is 2.03. The van der Waals surface area contributed by atoms with Crippen LogP contribution >= 0.6 is 23.4 Å². The van der Waals surface area contributed by atoms with Crippen LogP contribution in [0.2, 0.25) is 5.02 Å². The summed E-state index contributed by atoms with van der Waals surface area (Å²) in [4.78, 5) is 18.8. The third kappa shape index (κ3) is 3.86. The molecule has 0 spiro atoms. The topological polar surface area (TPSA) is 45.8 Å². The first-order chi connectivity index (χ1) is 11.1. The van der Waals surface area contributed by atoms with Gasteiger partial charge in [-0.05, 0) is 49.4 Å². The average molecular weight is 347 g/mol. The number of amidine groups is 1. The number of furan rings is 1. The van der Waals surface area contributed by atoms with Crippen LogP contribution in [0.1, 0.15) is 12.7 Å². The van der Waals surface area contributed by atoms with Crippen molar-refractivity contribution in [3.63, 3.8) is 0 Å². The first kappa shape index (κ1) is 15.9. The molecule has 0 fully saturated rings. The zero-order valence-electron chi connectivity index (χ0n) is 12.5. The Hall–Kier alpha value is -1.98. The van der Waals surface area contributed by atoms with Crippen LogP contribution in [0.25, 0.3) is 6.08 Å². The fourth-order valence-corrected chi connectivity index (χ4v) is 3.29. The number of rotatable bonds is 3. The second kappa shape index (κ2) is 7.06. The van der Waals surface area contributed by atoms with E-state index in [0.717, 1.165) is 11.4 Å². The van der Waals surface area contributed by atoms with E-state index < -0.39 is 0 Å². The van der Waals surface area contributed by atoms with Gasteiger partial charge in [-0.1, -0.05) is 23.4 Å². The molecule has 1 amide bonds. The number of amides is 1. The molecule has 2 aromatic rings. The van der Waals surface area contributed by atoms with E-state index in [-0.39, 0.29) is 11.9 Å². The van der Waals surface area contributed by atoms with Crippen molar-refractivity contribution in [1.29, 1.82) is 0 Å². The fraction of sp³-hybridized carbons (Fsp3) is 0.176. The maximum Gasteiger partial charge on any atom is 0.257 e. The predicted octanol–water partition coefficient (Wildman–Crippen LogP) is 4.47. The van der Waals surface area contributed by atoms with Crippen molar-refractivity contribution in [2.24, 2.45) is 4.99 Å². The molecular weight excluding hydrogens is 332 g/mol. The molecule has 0 radical (unpaired) electrons. The number of aliphatic imine (C=N–C) groups is 1. The summed E-state index contributed by atoms with van der Waals surface area (Å²) in [5.74, 6) is 1.32. The van der Waals surface area contributed by atoms with Gasteiger partial charge in [0.2, 0.25) is 0 Å². The first-order valence-corrected chi connectivity index (χ1v) is 8.51. The van der Waals surface area contributed by atoms with E-state index in [2.05, 4.69) is 4.99 Å². The van der Waals surface area contributed by atoms with Crippen molar-refractivity contribution in [3.05, 3.63) is 59.5 Å². The summed E-state index contributed by atoms with van der Waals surface area (Å²) in [5, 5.41) is 1.33. The summed E-state index contributed by atoms with van der Waals surface area (Å²) in [6.07, 6.45) is 4.70. The molecule has 1 aromatic heterocycles. The molecular formula is C17H15ClN2O2S. The lowest BCUT2D eigenvalue weighted by Gasteiger charge is -2.20. The van der Waals surface area contributed by atoms with E-state index in [4.69, 9.17) is 16.0 Å². The lowest BCUT2D eigenvalue weighted by molar-refractivity contribution is -0.113. The normalized spacial score (nSPS) is 17.5. The van der Waals surface area contributed by atoms with Gasteiger partial charge >= 0.3 is 0 Å². The molecule has 0 saturated carbocycles. The molecule has 0 aliphatic carbocycles. The number of halogens is 1. The molecule has 23 heavy (non-hydrogen) atoms. The van der Waals surface area contributed by atoms with Gasteiger partial charge in [0.15, 0.2) is 5.17 Å². The zero-order valence-corrected chi connectivity index (χ0v) is 14.1. The number of carbonyl (C=O) groups excluding carboxylic acids is 1. The van der Waals surface area contributed by atoms with Gasteiger partial charge in [0.1, 0.15) is 5.76 Å². The second-order valence-electron chi connectivity index (χ2n) is 5.07. The number of carbonyl (C=O) groups is 1. The lowest BCUT2D eigenvalue weighted by Crippen LogP contribution is -2.33. The van der Waals surface area contributed by atoms with E-state index in [9.17, 15) is 4.79 Å². The van der Waals surface area contributed by atoms with Gasteiger partial charge in [0.05, 0.1) is 18.0 Å². The highest BCUT2D eigenvalue weighted by atomic mass is 35.5. The van der Waals surface area contributed by atoms with E-state index in [1.165, 1.54) is 6.08 Å². The highest BCUT2D eigenvalue weighted by Gasteiger charge is 2.25. The van der Waals surface area contributed by atoms with E-state index in [1.54, 1.807) is 53.3 Å². The molecule has 1 aliphatic rings. The molecule has 2 heterocycles. The standard InChI is InChI=1S/C17H15ClN2O2S/c1-12-11-23-17(19-12)20(14-6-4-13(18)5-7-14)16(21)9-8-15-3-2-10-22-15/h2-10,12H,11H2,1H3/b9-8+/t12-/m1/s1. The number of anilines is 1. The summed E-state index contributed by atoms with van der Waals surface area (Å²) >= 11 is 7.52. The number of hydrogen-bond acceptors (Lipinski definition) is 4. The van der Waals surface area contributed by atoms with Gasteiger partial charge in [0.25, 0.3) is 5.91 Å². The van der Waals surface area contributed by atoms with Crippen LogP contribution in [0.5, 0.6) is 0 Å². The number of benzene rings is 1. The minimum absolute atomic E-state index is 0.177. The summed E-state index contributed by atoms with van der Waals surface area (Å²) in [6, 6.07) is 10.9. The molecule has 0 saturated heterocycles. The van der Waals surface area contributed by atoms with E-state index in [0.29, 0.717) is 16.0 Å². The molecule has 0 bridgehead atoms. The Kier molecular flexibility index (Phi) is 4.88. The van der Waals surface area contributed by atoms with Crippen LogP contribution in [-0.2, 0) is 4.79 Å². The van der Waals surface area contributed by atoms with Crippen LogP contribution in [0, 0.1) is 0 Å². The summed E-state index contributed by atoms with van der Waals surface area (Å²) < 4.78 is 5.22. The van der Waals surface area contributed by atoms with Crippen LogP contribution < -0.4 is 4.90 Å². The minimum atomic E-state index is -0.177. The monoisotopic (exact) mass is 346 g/mol. The van der Waals surface area contributed by atoms with Crippen LogP contribution in [-0.4, -0.2) is 22.9 Å². The molecule has 118 valence electrons. The molecule has 3 rings (SSSR count). The smallest absolute Gasteiger partial charge is 0.257 e. The Balaban J connectivity index is 1.90. The van der Waals surface area contributed by atoms with Crippen LogP contribution in [0.15, 0.2) is 58.1 Å². The Morgan fingerprint density at radius 1 is 1.39 bits per heavy atom. The van der Waals surface area contributed by atoms with Crippen molar-refractivity contribution >= 4 is 46.2 Å². The van der Waals surface area contributed by atoms with E-state index >= 15 is 0 Å². The minimum Gasteiger partial charge on any atom is -0.465 e. The number of thioether (sulfide) groups is 1. The molecule has 4 nitrogen and oxygen atoms in total. The highest BCUT2D eigenvalue weighted by molar-refractivity contribution is 8.14. The third-order valence-corrected chi connectivity index (χ3v) is 4.66. The average Bonchev–Trinajstić information content (AvgIpc) is 3.19. The molecule has 6 heteroatoms. The van der Waals surface area contributed by atoms with E-state index in [1.807, 2.05) is 19.1 Å². The second-order valence-corrected chi connectivity index (χ2v) is 6.49. The zero-order chi connectivity index (χ0) is 16.2. The highest BCUT2D eigenvalue weighted by Crippen LogP contribution is 2.27. The Labute approximate surface area is 143 Å². The van der Waals surface area contributed by atoms with Crippen LogP contribution in [0.4, 0.5) is 5.69 Å². The maximum atomic E-state index is 12.7. The molecule has 1 aliphatic heterocycles. The Morgan fingerprint density at radius 3 is 2.78 bits per heavy atom. The van der Waals surface area contributed by atoms with Crippen molar-refractivity contribution in [2.45, 2.75) is 13.0 Å². The summed E-state index contributed by atoms with van der Waals surface area (Å²) in [5.41, 5.74) is 0.740. The Morgan fingerprint density at radius 2 is 2.17 bits per heavy atom. The van der Waals surface area contributed by atoms with Gasteiger partial charge in [0, 0.05) is 16.9 Å². The quantitative estimate of drug-likeness (QED) is 0.770. The molecule has 0 N–H and O–H groups in total. The van der Waals surface area contributed by atoms with Crippen molar-refractivity contribution in [1.82, 2.24) is 0 Å². The molecule has 1 atom stereocenters. The van der Waals surface area contributed by atoms with Gasteiger partial charge in [-0.3, -0.25) is 14.7 Å². The van der Waals surface area contributed by atoms with Crippen molar-refractivity contribution in [2.75, 3.05) is 10.7 Å². The van der Waals surface area contributed by atoms with Crippen LogP contribution in [0.3, 0.4) is 0 Å². The van der Waals surface area contributed by atoms with Crippen molar-refractivity contribution < 1.29 is 9.21 Å². The van der Waals surface area contributed by atoms with Gasteiger partial charge < -0.3 is 4.42 Å². The SMILES string of the molecule is C[C@@H]1CSC(N(C(=O)/C=C/c2ccco2)c2ccc(Cl)cc2)=N1. The number of nitrogens with zero attached hydrogens (tertiary/aromatic N) is 2. The predicted molar refractivity (Wildman–Crippen MR) is 96.0 cm³/mol. The largest absolute Gasteiger partial charge is 0.465 e. The summed E-state index contributed by atoms with van der Waals surface area (Å²) in [7, 11) is 0. The number of hydrogen-bond donors (Lipinski definition) is 0. The molecule has 0 unspecified atom stereocenters. The van der Waals surface area contributed by atoms with Gasteiger partial charge in [-0.15, -0.1) is 0 Å². The fourth-order valence-electron chi connectivity index (χ4n) is 2.12. The molecule has 1 aromatic carbocycles. The third-order valence-electron chi connectivity index (χ3n) is 3.21. The maximum absolute atomic E-state index is 12.7. The van der Waals surface area contributed by atoms with Gasteiger partial charge in [-0.2, -0.15) is 0 Å². The Bertz CT molecular complexity index is 738. The first-order valence-electron chi connectivity index (χ1n) is 7.15.